The van der Waals surface area contributed by atoms with Crippen molar-refractivity contribution in [1.82, 2.24) is 10.6 Å². The molecule has 0 aromatic heterocycles. The lowest BCUT2D eigenvalue weighted by Crippen LogP contribution is -2.34. The van der Waals surface area contributed by atoms with Crippen molar-refractivity contribution in [2.45, 2.75) is 19.3 Å². The molecule has 0 saturated carbocycles. The van der Waals surface area contributed by atoms with E-state index in [1.165, 1.54) is 7.11 Å². The molecule has 26 heavy (non-hydrogen) atoms. The number of hydrogen-bond acceptors (Lipinski definition) is 6. The number of benzene rings is 1. The second-order valence-electron chi connectivity index (χ2n) is 5.26. The van der Waals surface area contributed by atoms with E-state index in [1.54, 1.807) is 31.4 Å². The summed E-state index contributed by atoms with van der Waals surface area (Å²) in [6.07, 6.45) is 0.671. The number of hydrogen-bond donors (Lipinski definition) is 3. The lowest BCUT2D eigenvalue weighted by molar-refractivity contribution is -0.142. The molecule has 8 nitrogen and oxygen atoms in total. The van der Waals surface area contributed by atoms with Gasteiger partial charge in [0.25, 0.3) is 5.91 Å². The van der Waals surface area contributed by atoms with Crippen molar-refractivity contribution in [3.05, 3.63) is 29.8 Å². The highest BCUT2D eigenvalue weighted by molar-refractivity contribution is 7.80. The lowest BCUT2D eigenvalue weighted by Gasteiger charge is -2.11. The molecule has 1 aromatic rings. The predicted molar refractivity (Wildman–Crippen MR) is 101 cm³/mol. The van der Waals surface area contributed by atoms with Gasteiger partial charge in [0.05, 0.1) is 13.5 Å². The van der Waals surface area contributed by atoms with Gasteiger partial charge >= 0.3 is 5.97 Å². The van der Waals surface area contributed by atoms with Crippen LogP contribution in [0.5, 0.6) is 0 Å². The minimum absolute atomic E-state index is 0.0241. The number of amides is 2. The van der Waals surface area contributed by atoms with E-state index < -0.39 is 11.9 Å². The molecule has 2 amide bonds. The van der Waals surface area contributed by atoms with Crippen LogP contribution in [0.25, 0.3) is 0 Å². The average molecular weight is 381 g/mol. The maximum atomic E-state index is 12.1. The summed E-state index contributed by atoms with van der Waals surface area (Å²) in [5.41, 5.74) is 1.03. The Hall–Kier alpha value is -2.52. The van der Waals surface area contributed by atoms with Crippen LogP contribution in [-0.2, 0) is 19.1 Å². The van der Waals surface area contributed by atoms with E-state index in [1.807, 2.05) is 0 Å². The first-order valence-electron chi connectivity index (χ1n) is 8.01. The maximum Gasteiger partial charge on any atom is 0.306 e. The molecule has 0 aliphatic heterocycles. The van der Waals surface area contributed by atoms with Crippen molar-refractivity contribution >= 4 is 40.8 Å². The fourth-order valence-corrected chi connectivity index (χ4v) is 2.16. The Morgan fingerprint density at radius 1 is 1.15 bits per heavy atom. The summed E-state index contributed by atoms with van der Waals surface area (Å²) in [5, 5.41) is 8.16. The smallest absolute Gasteiger partial charge is 0.306 e. The van der Waals surface area contributed by atoms with Gasteiger partial charge in [0.1, 0.15) is 0 Å². The van der Waals surface area contributed by atoms with E-state index in [9.17, 15) is 14.4 Å². The Bertz CT molecular complexity index is 651. The van der Waals surface area contributed by atoms with Gasteiger partial charge in [0.15, 0.2) is 5.11 Å². The van der Waals surface area contributed by atoms with Gasteiger partial charge in [0, 0.05) is 37.9 Å². The predicted octanol–water partition coefficient (Wildman–Crippen LogP) is 1.22. The standard InChI is InChI=1S/C17H23N3O5S/c1-24-10-4-9-18-16(23)12-5-3-6-13(11-12)19-17(26)20-14(21)7-8-15(22)25-2/h3,5-6,11H,4,7-10H2,1-2H3,(H,18,23)(H2,19,20,21,26). The zero-order valence-corrected chi connectivity index (χ0v) is 15.6. The van der Waals surface area contributed by atoms with Crippen molar-refractivity contribution < 1.29 is 23.9 Å². The minimum atomic E-state index is -0.469. The van der Waals surface area contributed by atoms with Crippen LogP contribution in [0.15, 0.2) is 24.3 Å². The van der Waals surface area contributed by atoms with E-state index in [0.29, 0.717) is 24.4 Å². The number of methoxy groups -OCH3 is 2. The summed E-state index contributed by atoms with van der Waals surface area (Å²) >= 11 is 5.05. The van der Waals surface area contributed by atoms with Crippen LogP contribution in [0.2, 0.25) is 0 Å². The minimum Gasteiger partial charge on any atom is -0.469 e. The Labute approximate surface area is 157 Å². The van der Waals surface area contributed by atoms with Crippen LogP contribution in [0.4, 0.5) is 5.69 Å². The molecule has 0 unspecified atom stereocenters. The molecule has 0 heterocycles. The van der Waals surface area contributed by atoms with E-state index >= 15 is 0 Å². The highest BCUT2D eigenvalue weighted by atomic mass is 32.1. The van der Waals surface area contributed by atoms with Gasteiger partial charge in [-0.1, -0.05) is 6.07 Å². The first-order valence-corrected chi connectivity index (χ1v) is 8.42. The number of ether oxygens (including phenoxy) is 2. The molecule has 0 atom stereocenters. The van der Waals surface area contributed by atoms with Crippen molar-refractivity contribution in [3.8, 4) is 0 Å². The van der Waals surface area contributed by atoms with Gasteiger partial charge in [0.2, 0.25) is 5.91 Å². The fourth-order valence-electron chi connectivity index (χ4n) is 1.93. The molecule has 0 radical (unpaired) electrons. The van der Waals surface area contributed by atoms with Gasteiger partial charge in [-0.3, -0.25) is 14.4 Å². The Morgan fingerprint density at radius 2 is 1.92 bits per heavy atom. The molecule has 1 aromatic carbocycles. The number of anilines is 1. The summed E-state index contributed by atoms with van der Waals surface area (Å²) < 4.78 is 9.39. The summed E-state index contributed by atoms with van der Waals surface area (Å²) in [5.74, 6) is -1.08. The lowest BCUT2D eigenvalue weighted by atomic mass is 10.2. The van der Waals surface area contributed by atoms with Crippen LogP contribution >= 0.6 is 12.2 Å². The third-order valence-electron chi connectivity index (χ3n) is 3.23. The molecular weight excluding hydrogens is 358 g/mol. The molecule has 0 saturated heterocycles. The summed E-state index contributed by atoms with van der Waals surface area (Å²) in [4.78, 5) is 34.8. The fraction of sp³-hybridized carbons (Fsp3) is 0.412. The van der Waals surface area contributed by atoms with Gasteiger partial charge < -0.3 is 25.4 Å². The first kappa shape index (κ1) is 21.5. The quantitative estimate of drug-likeness (QED) is 0.335. The van der Waals surface area contributed by atoms with Crippen LogP contribution in [0.3, 0.4) is 0 Å². The first-order chi connectivity index (χ1) is 12.5. The van der Waals surface area contributed by atoms with Crippen molar-refractivity contribution in [2.75, 3.05) is 32.7 Å². The second kappa shape index (κ2) is 11.9. The van der Waals surface area contributed by atoms with E-state index in [4.69, 9.17) is 17.0 Å². The number of rotatable bonds is 9. The summed E-state index contributed by atoms with van der Waals surface area (Å²) in [6.45, 7) is 1.09. The van der Waals surface area contributed by atoms with Gasteiger partial charge in [-0.2, -0.15) is 0 Å². The summed E-state index contributed by atoms with van der Waals surface area (Å²) in [6, 6.07) is 6.72. The highest BCUT2D eigenvalue weighted by Crippen LogP contribution is 2.10. The Balaban J connectivity index is 2.49. The molecule has 0 aliphatic rings. The van der Waals surface area contributed by atoms with Crippen LogP contribution < -0.4 is 16.0 Å². The van der Waals surface area contributed by atoms with Gasteiger partial charge in [-0.25, -0.2) is 0 Å². The Morgan fingerprint density at radius 3 is 2.62 bits per heavy atom. The van der Waals surface area contributed by atoms with E-state index in [2.05, 4.69) is 20.7 Å². The second-order valence-corrected chi connectivity index (χ2v) is 5.67. The van der Waals surface area contributed by atoms with E-state index in [-0.39, 0.29) is 23.9 Å². The largest absolute Gasteiger partial charge is 0.469 e. The van der Waals surface area contributed by atoms with Crippen LogP contribution in [0, 0.1) is 0 Å². The maximum absolute atomic E-state index is 12.1. The van der Waals surface area contributed by atoms with Crippen LogP contribution in [0.1, 0.15) is 29.6 Å². The number of carbonyl (C=O) groups excluding carboxylic acids is 3. The summed E-state index contributed by atoms with van der Waals surface area (Å²) in [7, 11) is 2.86. The molecule has 142 valence electrons. The van der Waals surface area contributed by atoms with Gasteiger partial charge in [-0.15, -0.1) is 0 Å². The molecular formula is C17H23N3O5S. The molecule has 3 N–H and O–H groups in total. The third kappa shape index (κ3) is 8.54. The van der Waals surface area contributed by atoms with Crippen molar-refractivity contribution in [3.63, 3.8) is 0 Å². The van der Waals surface area contributed by atoms with Crippen molar-refractivity contribution in [2.24, 2.45) is 0 Å². The topological polar surface area (TPSA) is 106 Å². The molecule has 0 bridgehead atoms. The Kier molecular flexibility index (Phi) is 9.88. The van der Waals surface area contributed by atoms with E-state index in [0.717, 1.165) is 6.42 Å². The number of nitrogens with one attached hydrogen (secondary N) is 3. The zero-order valence-electron chi connectivity index (χ0n) is 14.8. The number of carbonyl (C=O) groups is 3. The third-order valence-corrected chi connectivity index (χ3v) is 3.43. The van der Waals surface area contributed by atoms with Gasteiger partial charge in [-0.05, 0) is 36.8 Å². The average Bonchev–Trinajstić information content (AvgIpc) is 2.63. The molecule has 0 aliphatic carbocycles. The monoisotopic (exact) mass is 381 g/mol. The molecule has 1 rings (SSSR count). The number of esters is 1. The zero-order chi connectivity index (χ0) is 19.4. The molecule has 0 fully saturated rings. The molecule has 0 spiro atoms. The van der Waals surface area contributed by atoms with Crippen molar-refractivity contribution in [1.29, 1.82) is 0 Å². The van der Waals surface area contributed by atoms with Crippen LogP contribution in [-0.4, -0.2) is 50.3 Å². The normalized spacial score (nSPS) is 9.92. The highest BCUT2D eigenvalue weighted by Gasteiger charge is 2.10. The molecule has 9 heteroatoms. The number of thiocarbonyl (C=S) groups is 1. The SMILES string of the molecule is COCCCNC(=O)c1cccc(NC(=S)NC(=O)CCC(=O)OC)c1.